The molecule has 2 aromatic rings. The van der Waals surface area contributed by atoms with Gasteiger partial charge in [-0.1, -0.05) is 25.1 Å². The van der Waals surface area contributed by atoms with E-state index < -0.39 is 0 Å². The monoisotopic (exact) mass is 358 g/mol. The number of para-hydroxylation sites is 1. The van der Waals surface area contributed by atoms with Crippen LogP contribution in [0.1, 0.15) is 47.0 Å². The third-order valence-electron chi connectivity index (χ3n) is 4.07. The quantitative estimate of drug-likeness (QED) is 0.752. The van der Waals surface area contributed by atoms with Crippen molar-refractivity contribution in [3.05, 3.63) is 46.3 Å². The summed E-state index contributed by atoms with van der Waals surface area (Å²) in [6.45, 7) is 2.35. The fourth-order valence-electron chi connectivity index (χ4n) is 2.92. The number of aryl methyl sites for hydroxylation is 1. The van der Waals surface area contributed by atoms with Crippen LogP contribution in [0.15, 0.2) is 30.3 Å². The Morgan fingerprint density at radius 2 is 1.88 bits per heavy atom. The standard InChI is InChI=1S/C19H22N2O3S/c1-2-12-24-18(22)16-14-10-6-7-11-15(14)25-17(16)21-19(23)20-13-8-4-3-5-9-13/h3-5,8-9H,2,6-7,10-12H2,1H3,(H2,20,21,23). The van der Waals surface area contributed by atoms with Crippen LogP contribution in [-0.2, 0) is 17.6 Å². The van der Waals surface area contributed by atoms with Gasteiger partial charge in [-0.05, 0) is 49.8 Å². The number of rotatable bonds is 5. The van der Waals surface area contributed by atoms with Gasteiger partial charge < -0.3 is 10.1 Å². The molecule has 0 saturated heterocycles. The molecular formula is C19H22N2O3S. The summed E-state index contributed by atoms with van der Waals surface area (Å²) in [6, 6.07) is 8.87. The van der Waals surface area contributed by atoms with Crippen molar-refractivity contribution < 1.29 is 14.3 Å². The SMILES string of the molecule is CCCOC(=O)c1c(NC(=O)Nc2ccccc2)sc2c1CCCC2. The highest BCUT2D eigenvalue weighted by Gasteiger charge is 2.27. The van der Waals surface area contributed by atoms with Crippen molar-refractivity contribution in [2.75, 3.05) is 17.2 Å². The second kappa shape index (κ2) is 8.16. The number of thiophene rings is 1. The maximum absolute atomic E-state index is 12.5. The minimum absolute atomic E-state index is 0.337. The first-order valence-electron chi connectivity index (χ1n) is 8.63. The molecule has 0 radical (unpaired) electrons. The summed E-state index contributed by atoms with van der Waals surface area (Å²) < 4.78 is 5.34. The van der Waals surface area contributed by atoms with E-state index >= 15 is 0 Å². The molecule has 1 heterocycles. The molecule has 6 heteroatoms. The average molecular weight is 358 g/mol. The van der Waals surface area contributed by atoms with Crippen LogP contribution < -0.4 is 10.6 Å². The Morgan fingerprint density at radius 1 is 1.12 bits per heavy atom. The van der Waals surface area contributed by atoms with E-state index in [0.29, 0.717) is 22.9 Å². The van der Waals surface area contributed by atoms with Gasteiger partial charge in [0.25, 0.3) is 0 Å². The molecule has 2 N–H and O–H groups in total. The maximum atomic E-state index is 12.5. The van der Waals surface area contributed by atoms with E-state index in [0.717, 1.165) is 37.7 Å². The second-order valence-corrected chi connectivity index (χ2v) is 7.10. The number of amides is 2. The molecular weight excluding hydrogens is 336 g/mol. The molecule has 0 fully saturated rings. The van der Waals surface area contributed by atoms with Gasteiger partial charge in [0, 0.05) is 10.6 Å². The van der Waals surface area contributed by atoms with Gasteiger partial charge in [0.1, 0.15) is 5.00 Å². The van der Waals surface area contributed by atoms with Gasteiger partial charge in [0.05, 0.1) is 12.2 Å². The number of nitrogens with one attached hydrogen (secondary N) is 2. The molecule has 5 nitrogen and oxygen atoms in total. The molecule has 0 atom stereocenters. The predicted octanol–water partition coefficient (Wildman–Crippen LogP) is 4.84. The Morgan fingerprint density at radius 3 is 2.64 bits per heavy atom. The third kappa shape index (κ3) is 4.20. The lowest BCUT2D eigenvalue weighted by Gasteiger charge is -2.12. The number of anilines is 2. The molecule has 1 aromatic carbocycles. The topological polar surface area (TPSA) is 67.4 Å². The second-order valence-electron chi connectivity index (χ2n) is 6.00. The molecule has 1 aromatic heterocycles. The van der Waals surface area contributed by atoms with Crippen LogP contribution in [0.5, 0.6) is 0 Å². The maximum Gasteiger partial charge on any atom is 0.341 e. The first-order chi connectivity index (χ1) is 12.2. The van der Waals surface area contributed by atoms with Crippen LogP contribution in [0.25, 0.3) is 0 Å². The van der Waals surface area contributed by atoms with Crippen LogP contribution >= 0.6 is 11.3 Å². The molecule has 3 rings (SSSR count). The van der Waals surface area contributed by atoms with Crippen molar-refractivity contribution in [2.24, 2.45) is 0 Å². The number of urea groups is 1. The number of carbonyl (C=O) groups is 2. The average Bonchev–Trinajstić information content (AvgIpc) is 2.98. The smallest absolute Gasteiger partial charge is 0.341 e. The first kappa shape index (κ1) is 17.5. The summed E-state index contributed by atoms with van der Waals surface area (Å²) >= 11 is 1.49. The molecule has 0 bridgehead atoms. The first-order valence-corrected chi connectivity index (χ1v) is 9.45. The molecule has 0 unspecified atom stereocenters. The van der Waals surface area contributed by atoms with Crippen molar-refractivity contribution in [1.82, 2.24) is 0 Å². The lowest BCUT2D eigenvalue weighted by atomic mass is 9.95. The van der Waals surface area contributed by atoms with Gasteiger partial charge in [0.2, 0.25) is 0 Å². The normalized spacial score (nSPS) is 13.0. The van der Waals surface area contributed by atoms with E-state index in [1.165, 1.54) is 16.2 Å². The third-order valence-corrected chi connectivity index (χ3v) is 5.28. The lowest BCUT2D eigenvalue weighted by Crippen LogP contribution is -2.20. The summed E-state index contributed by atoms with van der Waals surface area (Å²) in [6.07, 6.45) is 4.77. The van der Waals surface area contributed by atoms with Crippen LogP contribution in [0, 0.1) is 0 Å². The van der Waals surface area contributed by atoms with E-state index in [4.69, 9.17) is 4.74 Å². The molecule has 2 amide bonds. The fraction of sp³-hybridized carbons (Fsp3) is 0.368. The number of carbonyl (C=O) groups excluding carboxylic acids is 2. The zero-order valence-corrected chi connectivity index (χ0v) is 15.1. The fourth-order valence-corrected chi connectivity index (χ4v) is 4.20. The van der Waals surface area contributed by atoms with Crippen molar-refractivity contribution in [3.8, 4) is 0 Å². The van der Waals surface area contributed by atoms with E-state index in [-0.39, 0.29) is 12.0 Å². The Balaban J connectivity index is 1.81. The van der Waals surface area contributed by atoms with Crippen molar-refractivity contribution in [3.63, 3.8) is 0 Å². The zero-order valence-electron chi connectivity index (χ0n) is 14.3. The molecule has 0 saturated carbocycles. The zero-order chi connectivity index (χ0) is 17.6. The van der Waals surface area contributed by atoms with Crippen molar-refractivity contribution in [1.29, 1.82) is 0 Å². The molecule has 25 heavy (non-hydrogen) atoms. The van der Waals surface area contributed by atoms with Crippen molar-refractivity contribution >= 4 is 34.0 Å². The van der Waals surface area contributed by atoms with Crippen LogP contribution in [0.2, 0.25) is 0 Å². The minimum Gasteiger partial charge on any atom is -0.462 e. The van der Waals surface area contributed by atoms with Crippen LogP contribution in [0.4, 0.5) is 15.5 Å². The van der Waals surface area contributed by atoms with Crippen LogP contribution in [0.3, 0.4) is 0 Å². The number of hydrogen-bond acceptors (Lipinski definition) is 4. The number of ether oxygens (including phenoxy) is 1. The number of hydrogen-bond donors (Lipinski definition) is 2. The van der Waals surface area contributed by atoms with Gasteiger partial charge in [0.15, 0.2) is 0 Å². The van der Waals surface area contributed by atoms with Gasteiger partial charge in [-0.2, -0.15) is 0 Å². The predicted molar refractivity (Wildman–Crippen MR) is 101 cm³/mol. The number of fused-ring (bicyclic) bond motifs is 1. The molecule has 0 spiro atoms. The van der Waals surface area contributed by atoms with Gasteiger partial charge in [-0.3, -0.25) is 5.32 Å². The Labute approximate surface area is 151 Å². The molecule has 1 aliphatic rings. The van der Waals surface area contributed by atoms with E-state index in [9.17, 15) is 9.59 Å². The number of esters is 1. The highest BCUT2D eigenvalue weighted by molar-refractivity contribution is 7.17. The van der Waals surface area contributed by atoms with E-state index in [2.05, 4.69) is 10.6 Å². The largest absolute Gasteiger partial charge is 0.462 e. The lowest BCUT2D eigenvalue weighted by molar-refractivity contribution is 0.0505. The number of benzene rings is 1. The molecule has 132 valence electrons. The van der Waals surface area contributed by atoms with Crippen molar-refractivity contribution in [2.45, 2.75) is 39.0 Å². The van der Waals surface area contributed by atoms with Crippen LogP contribution in [-0.4, -0.2) is 18.6 Å². The Kier molecular flexibility index (Phi) is 5.71. The van der Waals surface area contributed by atoms with E-state index in [1.54, 1.807) is 0 Å². The molecule has 1 aliphatic carbocycles. The highest BCUT2D eigenvalue weighted by atomic mass is 32.1. The van der Waals surface area contributed by atoms with Gasteiger partial charge >= 0.3 is 12.0 Å². The minimum atomic E-state index is -0.352. The Bertz CT molecular complexity index is 756. The summed E-state index contributed by atoms with van der Waals surface area (Å²) in [7, 11) is 0. The van der Waals surface area contributed by atoms with Gasteiger partial charge in [-0.15, -0.1) is 11.3 Å². The summed E-state index contributed by atoms with van der Waals surface area (Å²) in [5.41, 5.74) is 2.29. The highest BCUT2D eigenvalue weighted by Crippen LogP contribution is 2.38. The summed E-state index contributed by atoms with van der Waals surface area (Å²) in [5.74, 6) is -0.337. The van der Waals surface area contributed by atoms with E-state index in [1.807, 2.05) is 37.3 Å². The molecule has 0 aliphatic heterocycles. The Hall–Kier alpha value is -2.34. The van der Waals surface area contributed by atoms with Gasteiger partial charge in [-0.25, -0.2) is 9.59 Å². The summed E-state index contributed by atoms with van der Waals surface area (Å²) in [5, 5.41) is 6.21. The summed E-state index contributed by atoms with van der Waals surface area (Å²) in [4.78, 5) is 26.0.